The number of carboxylic acids is 1. The summed E-state index contributed by atoms with van der Waals surface area (Å²) < 4.78 is 6.40. The fraction of sp³-hybridized carbons (Fsp3) is 0.795. The fourth-order valence-electron chi connectivity index (χ4n) is 14.3. The van der Waals surface area contributed by atoms with Crippen molar-refractivity contribution in [2.75, 3.05) is 6.54 Å². The molecule has 0 unspecified atom stereocenters. The van der Waals surface area contributed by atoms with E-state index >= 15 is 0 Å². The second-order valence-electron chi connectivity index (χ2n) is 20.8. The molecule has 5 fully saturated rings. The number of allylic oxidation sites excluding steroid dienone is 1. The highest BCUT2D eigenvalue weighted by atomic mass is 16.5. The molecule has 10 nitrogen and oxygen atoms in total. The summed E-state index contributed by atoms with van der Waals surface area (Å²) in [5, 5.41) is 31.6. The molecular weight excluding hydrogens is 682 g/mol. The average Bonchev–Trinajstić information content (AvgIpc) is 3.65. The number of esters is 1. The highest BCUT2D eigenvalue weighted by Gasteiger charge is 2.71. The van der Waals surface area contributed by atoms with Gasteiger partial charge in [0, 0.05) is 29.5 Å². The van der Waals surface area contributed by atoms with Crippen LogP contribution in [0.1, 0.15) is 143 Å². The zero-order valence-corrected chi connectivity index (χ0v) is 34.4. The number of nitrogens with zero attached hydrogens (tertiary/aromatic N) is 1. The van der Waals surface area contributed by atoms with Crippen molar-refractivity contribution in [1.82, 2.24) is 15.5 Å². The lowest BCUT2D eigenvalue weighted by Gasteiger charge is -2.72. The van der Waals surface area contributed by atoms with Crippen LogP contribution in [0.15, 0.2) is 17.2 Å². The van der Waals surface area contributed by atoms with Crippen LogP contribution in [0.25, 0.3) is 0 Å². The number of aryl methyl sites for hydroxylation is 1. The number of H-pyrrole nitrogens is 1. The Labute approximate surface area is 321 Å². The summed E-state index contributed by atoms with van der Waals surface area (Å²) in [6, 6.07) is 1.69. The highest BCUT2D eigenvalue weighted by molar-refractivity contribution is 6.01. The standard InChI is InChI=1S/C44H65N3O7/c1-23(2)34-29(48)21-44(32(49)22-45-36(50)28-19-24(3)46-47-28)18-17-42(9)25(35(34)44)11-12-31-41(8)15-14-33(40(6,7)30(41)13-16-43(31,42)10)54-38(53)27-20-26(37(51)52)39(27,4)5/h19,23,25-27,30-33,49H,11-18,20-22H2,1-10H3,(H,45,50)(H,46,47)(H,51,52)/t25-,26+,27-,30+,31-,32+,33+,41+,42-,43-,44+/m1/s1. The molecule has 1 aromatic heterocycles. The van der Waals surface area contributed by atoms with Gasteiger partial charge in [0.05, 0.1) is 17.9 Å². The molecule has 0 saturated heterocycles. The normalized spacial score (nSPS) is 41.1. The van der Waals surface area contributed by atoms with Gasteiger partial charge in [0.25, 0.3) is 5.91 Å². The molecule has 10 heteroatoms. The average molecular weight is 748 g/mol. The molecule has 1 aromatic rings. The highest BCUT2D eigenvalue weighted by Crippen LogP contribution is 2.77. The molecule has 4 N–H and O–H groups in total. The number of amides is 1. The van der Waals surface area contributed by atoms with Gasteiger partial charge in [-0.1, -0.05) is 67.9 Å². The van der Waals surface area contributed by atoms with Gasteiger partial charge in [-0.15, -0.1) is 0 Å². The van der Waals surface area contributed by atoms with Crippen molar-refractivity contribution in [3.63, 3.8) is 0 Å². The van der Waals surface area contributed by atoms with Gasteiger partial charge < -0.3 is 20.3 Å². The van der Waals surface area contributed by atoms with Crippen LogP contribution in [0.2, 0.25) is 0 Å². The predicted octanol–water partition coefficient (Wildman–Crippen LogP) is 7.45. The molecule has 7 rings (SSSR count). The molecule has 6 aliphatic rings. The Kier molecular flexibility index (Phi) is 9.27. The lowest BCUT2D eigenvalue weighted by atomic mass is 9.33. The summed E-state index contributed by atoms with van der Waals surface area (Å²) in [7, 11) is 0. The van der Waals surface area contributed by atoms with Crippen molar-refractivity contribution in [2.45, 2.75) is 146 Å². The van der Waals surface area contributed by atoms with E-state index in [1.165, 1.54) is 5.57 Å². The minimum absolute atomic E-state index is 0.00638. The molecule has 298 valence electrons. The van der Waals surface area contributed by atoms with Crippen LogP contribution >= 0.6 is 0 Å². The number of carbonyl (C=O) groups excluding carboxylic acids is 3. The van der Waals surface area contributed by atoms with E-state index < -0.39 is 34.7 Å². The summed E-state index contributed by atoms with van der Waals surface area (Å²) in [5.74, 6) is -1.15. The van der Waals surface area contributed by atoms with Crippen LogP contribution in [0.4, 0.5) is 0 Å². The Hall–Kier alpha value is -3.01. The van der Waals surface area contributed by atoms with Crippen molar-refractivity contribution < 1.29 is 34.1 Å². The number of nitrogens with one attached hydrogen (secondary N) is 2. The number of Topliss-reactive ketones (excluding diaryl/α,β-unsaturated/α-hetero) is 1. The maximum Gasteiger partial charge on any atom is 0.309 e. The first-order chi connectivity index (χ1) is 25.1. The van der Waals surface area contributed by atoms with Crippen molar-refractivity contribution in [3.05, 3.63) is 28.6 Å². The molecule has 0 aromatic carbocycles. The first kappa shape index (κ1) is 39.2. The third-order valence-corrected chi connectivity index (χ3v) is 17.6. The zero-order chi connectivity index (χ0) is 39.6. The van der Waals surface area contributed by atoms with Gasteiger partial charge in [-0.05, 0) is 122 Å². The third kappa shape index (κ3) is 5.37. The molecule has 1 amide bonds. The lowest BCUT2D eigenvalue weighted by molar-refractivity contribution is -0.238. The quantitative estimate of drug-likeness (QED) is 0.200. The first-order valence-corrected chi connectivity index (χ1v) is 20.8. The monoisotopic (exact) mass is 747 g/mol. The maximum atomic E-state index is 14.0. The minimum Gasteiger partial charge on any atom is -0.481 e. The van der Waals surface area contributed by atoms with Gasteiger partial charge in [-0.25, -0.2) is 0 Å². The number of carboxylic acid groups (broad SMARTS) is 1. The number of aliphatic hydroxyl groups excluding tert-OH is 1. The van der Waals surface area contributed by atoms with Crippen LogP contribution in [-0.4, -0.2) is 62.8 Å². The van der Waals surface area contributed by atoms with Crippen molar-refractivity contribution >= 4 is 23.6 Å². The Morgan fingerprint density at radius 3 is 2.24 bits per heavy atom. The van der Waals surface area contributed by atoms with Crippen molar-refractivity contribution in [2.24, 2.45) is 68.0 Å². The number of carbonyl (C=O) groups is 4. The van der Waals surface area contributed by atoms with Crippen LogP contribution < -0.4 is 5.32 Å². The molecule has 0 aliphatic heterocycles. The smallest absolute Gasteiger partial charge is 0.309 e. The van der Waals surface area contributed by atoms with E-state index in [9.17, 15) is 29.4 Å². The van der Waals surface area contributed by atoms with Crippen LogP contribution in [0, 0.1) is 74.9 Å². The Balaban J connectivity index is 1.14. The molecule has 0 radical (unpaired) electrons. The lowest BCUT2D eigenvalue weighted by Crippen LogP contribution is -2.66. The van der Waals surface area contributed by atoms with E-state index in [1.807, 2.05) is 20.8 Å². The Morgan fingerprint density at radius 1 is 0.926 bits per heavy atom. The number of hydrogen-bond acceptors (Lipinski definition) is 7. The number of rotatable bonds is 8. The molecule has 1 heterocycles. The molecule has 54 heavy (non-hydrogen) atoms. The SMILES string of the molecule is Cc1cc(C(=O)NC[C@H](O)[C@@]23CC[C@]4(C)[C@H](CC[C@@H]5[C@@]6(C)CC[C@H](OC(=O)[C@H]7C[C@@H](C(=O)O)C7(C)C)C(C)(C)[C@@H]6CC[C@]54C)C2=C(C(C)C)C(=O)C3)n[nH]1. The largest absolute Gasteiger partial charge is 0.481 e. The minimum atomic E-state index is -0.890. The number of hydrogen-bond donors (Lipinski definition) is 4. The van der Waals surface area contributed by atoms with Gasteiger partial charge in [0.15, 0.2) is 5.78 Å². The van der Waals surface area contributed by atoms with E-state index in [2.05, 4.69) is 64.0 Å². The molecule has 11 atom stereocenters. The number of aliphatic hydroxyl groups is 1. The third-order valence-electron chi connectivity index (χ3n) is 17.6. The maximum absolute atomic E-state index is 14.0. The van der Waals surface area contributed by atoms with Crippen LogP contribution in [0.5, 0.6) is 0 Å². The van der Waals surface area contributed by atoms with E-state index in [1.54, 1.807) is 6.07 Å². The Bertz CT molecular complexity index is 1780. The van der Waals surface area contributed by atoms with Crippen molar-refractivity contribution in [1.29, 1.82) is 0 Å². The molecular formula is C44H65N3O7. The fourth-order valence-corrected chi connectivity index (χ4v) is 14.3. The van der Waals surface area contributed by atoms with Crippen molar-refractivity contribution in [3.8, 4) is 0 Å². The van der Waals surface area contributed by atoms with Crippen LogP contribution in [-0.2, 0) is 19.1 Å². The second-order valence-corrected chi connectivity index (χ2v) is 20.8. The zero-order valence-electron chi connectivity index (χ0n) is 34.4. The van der Waals surface area contributed by atoms with Crippen LogP contribution in [0.3, 0.4) is 0 Å². The second kappa shape index (κ2) is 12.8. The Morgan fingerprint density at radius 2 is 1.63 bits per heavy atom. The van der Waals surface area contributed by atoms with Gasteiger partial charge in [-0.3, -0.25) is 24.3 Å². The summed E-state index contributed by atoms with van der Waals surface area (Å²) in [6.45, 7) is 22.0. The van der Waals surface area contributed by atoms with E-state index in [0.29, 0.717) is 31.1 Å². The topological polar surface area (TPSA) is 159 Å². The summed E-state index contributed by atoms with van der Waals surface area (Å²) >= 11 is 0. The predicted molar refractivity (Wildman–Crippen MR) is 204 cm³/mol. The van der Waals surface area contributed by atoms with Gasteiger partial charge in [0.2, 0.25) is 0 Å². The summed E-state index contributed by atoms with van der Waals surface area (Å²) in [6.07, 6.45) is 7.02. The van der Waals surface area contributed by atoms with E-state index in [4.69, 9.17) is 4.74 Å². The number of aromatic amines is 1. The van der Waals surface area contributed by atoms with Gasteiger partial charge >= 0.3 is 11.9 Å². The molecule has 6 aliphatic carbocycles. The van der Waals surface area contributed by atoms with Gasteiger partial charge in [0.1, 0.15) is 11.8 Å². The number of ether oxygens (including phenoxy) is 1. The molecule has 0 bridgehead atoms. The molecule has 5 saturated carbocycles. The number of ketones is 1. The summed E-state index contributed by atoms with van der Waals surface area (Å²) in [4.78, 5) is 52.4. The number of fused-ring (bicyclic) bond motifs is 7. The first-order valence-electron chi connectivity index (χ1n) is 20.8. The molecule has 0 spiro atoms. The number of aliphatic carboxylic acids is 1. The van der Waals surface area contributed by atoms with Gasteiger partial charge in [-0.2, -0.15) is 5.10 Å². The van der Waals surface area contributed by atoms with E-state index in [-0.39, 0.29) is 69.5 Å². The number of aromatic nitrogens is 2. The summed E-state index contributed by atoms with van der Waals surface area (Å²) in [5.41, 5.74) is 1.59. The van der Waals surface area contributed by atoms with E-state index in [0.717, 1.165) is 56.2 Å².